The lowest BCUT2D eigenvalue weighted by Gasteiger charge is -2.10. The van der Waals surface area contributed by atoms with Gasteiger partial charge in [-0.15, -0.1) is 0 Å². The molecule has 3 rings (SSSR count). The number of benzene rings is 2. The van der Waals surface area contributed by atoms with E-state index in [1.165, 1.54) is 37.7 Å². The molecule has 160 valence electrons. The molecule has 0 atom stereocenters. The third-order valence-electron chi connectivity index (χ3n) is 5.48. The summed E-state index contributed by atoms with van der Waals surface area (Å²) < 4.78 is 25.9. The number of unbranched alkanes of at least 4 members (excludes halogenated alkanes) is 6. The Bertz CT molecular complexity index is 1010. The van der Waals surface area contributed by atoms with Crippen LogP contribution in [0.5, 0.6) is 5.75 Å². The molecule has 0 fully saturated rings. The van der Waals surface area contributed by atoms with Crippen LogP contribution in [-0.2, 0) is 6.42 Å². The topological polar surface area (TPSA) is 39.4 Å². The zero-order valence-electron chi connectivity index (χ0n) is 18.0. The second-order valence-electron chi connectivity index (χ2n) is 7.76. The van der Waals surface area contributed by atoms with Crippen molar-refractivity contribution in [3.8, 4) is 17.1 Å². The number of fused-ring (bicyclic) bond motifs is 1. The maximum atomic E-state index is 14.9. The fourth-order valence-electron chi connectivity index (χ4n) is 3.62. The summed E-state index contributed by atoms with van der Waals surface area (Å²) in [4.78, 5) is 12.5. The second-order valence-corrected chi connectivity index (χ2v) is 7.76. The summed E-state index contributed by atoms with van der Waals surface area (Å²) >= 11 is 0. The van der Waals surface area contributed by atoms with Gasteiger partial charge in [-0.25, -0.2) is 9.18 Å². The number of rotatable bonds is 11. The molecule has 4 heteroatoms. The molecule has 1 heterocycles. The third-order valence-corrected chi connectivity index (χ3v) is 5.48. The normalized spacial score (nSPS) is 11.2. The lowest BCUT2D eigenvalue weighted by Crippen LogP contribution is -2.06. The Kier molecular flexibility index (Phi) is 8.06. The van der Waals surface area contributed by atoms with Crippen LogP contribution < -0.4 is 10.4 Å². The standard InChI is InChI=1S/C26H31FO3/c1-3-5-6-7-8-9-10-17-29-22-16-15-21-18-23(30-26(28)24(21)25(22)27)20-13-11-19(4-2)12-14-20/h11-16,18H,3-10,17H2,1-2H3. The average molecular weight is 411 g/mol. The Hall–Kier alpha value is -2.62. The average Bonchev–Trinajstić information content (AvgIpc) is 2.76. The van der Waals surface area contributed by atoms with Gasteiger partial charge in [-0.2, -0.15) is 0 Å². The molecular formula is C26H31FO3. The van der Waals surface area contributed by atoms with Gasteiger partial charge in [0.2, 0.25) is 0 Å². The number of ether oxygens (including phenoxy) is 1. The van der Waals surface area contributed by atoms with Gasteiger partial charge in [0, 0.05) is 5.56 Å². The lowest BCUT2D eigenvalue weighted by atomic mass is 10.1. The van der Waals surface area contributed by atoms with E-state index in [-0.39, 0.29) is 11.1 Å². The van der Waals surface area contributed by atoms with Crippen LogP contribution in [-0.4, -0.2) is 6.61 Å². The minimum absolute atomic E-state index is 0.0546. The fraction of sp³-hybridized carbons (Fsp3) is 0.423. The smallest absolute Gasteiger partial charge is 0.347 e. The van der Waals surface area contributed by atoms with Gasteiger partial charge in [-0.3, -0.25) is 0 Å². The Labute approximate surface area is 177 Å². The van der Waals surface area contributed by atoms with Crippen molar-refractivity contribution < 1.29 is 13.5 Å². The van der Waals surface area contributed by atoms with Crippen molar-refractivity contribution >= 4 is 10.8 Å². The van der Waals surface area contributed by atoms with Crippen molar-refractivity contribution in [3.05, 3.63) is 64.3 Å². The summed E-state index contributed by atoms with van der Waals surface area (Å²) in [7, 11) is 0. The SMILES string of the molecule is CCCCCCCCCOc1ccc2cc(-c3ccc(CC)cc3)oc(=O)c2c1F. The monoisotopic (exact) mass is 410 g/mol. The maximum absolute atomic E-state index is 14.9. The van der Waals surface area contributed by atoms with Crippen molar-refractivity contribution in [2.45, 2.75) is 65.2 Å². The first-order valence-corrected chi connectivity index (χ1v) is 11.1. The number of hydrogen-bond donors (Lipinski definition) is 0. The van der Waals surface area contributed by atoms with Crippen LogP contribution in [0.3, 0.4) is 0 Å². The largest absolute Gasteiger partial charge is 0.490 e. The quantitative estimate of drug-likeness (QED) is 0.312. The Balaban J connectivity index is 1.68. The van der Waals surface area contributed by atoms with E-state index in [2.05, 4.69) is 13.8 Å². The third kappa shape index (κ3) is 5.50. The van der Waals surface area contributed by atoms with E-state index < -0.39 is 11.4 Å². The second kappa shape index (κ2) is 11.0. The molecule has 0 aliphatic carbocycles. The van der Waals surface area contributed by atoms with Crippen molar-refractivity contribution in [2.24, 2.45) is 0 Å². The first-order valence-electron chi connectivity index (χ1n) is 11.1. The minimum Gasteiger partial charge on any atom is -0.490 e. The molecule has 3 nitrogen and oxygen atoms in total. The summed E-state index contributed by atoms with van der Waals surface area (Å²) in [6.45, 7) is 4.74. The molecule has 0 aliphatic rings. The van der Waals surface area contributed by atoms with E-state index in [9.17, 15) is 9.18 Å². The summed E-state index contributed by atoms with van der Waals surface area (Å²) in [5.41, 5.74) is 1.32. The highest BCUT2D eigenvalue weighted by molar-refractivity contribution is 5.86. The van der Waals surface area contributed by atoms with Crippen LogP contribution in [0.2, 0.25) is 0 Å². The van der Waals surface area contributed by atoms with E-state index in [0.29, 0.717) is 17.8 Å². The molecule has 1 aromatic heterocycles. The van der Waals surface area contributed by atoms with E-state index in [1.807, 2.05) is 24.3 Å². The highest BCUT2D eigenvalue weighted by Crippen LogP contribution is 2.28. The van der Waals surface area contributed by atoms with Gasteiger partial charge in [0.05, 0.1) is 6.61 Å². The van der Waals surface area contributed by atoms with Crippen LogP contribution in [0.25, 0.3) is 22.1 Å². The molecule has 0 unspecified atom stereocenters. The van der Waals surface area contributed by atoms with Gasteiger partial charge in [0.25, 0.3) is 0 Å². The van der Waals surface area contributed by atoms with Crippen molar-refractivity contribution in [2.75, 3.05) is 6.61 Å². The first kappa shape index (κ1) is 22.1. The van der Waals surface area contributed by atoms with Crippen LogP contribution in [0.1, 0.15) is 64.4 Å². The van der Waals surface area contributed by atoms with E-state index in [4.69, 9.17) is 9.15 Å². The molecule has 0 aliphatic heterocycles. The van der Waals surface area contributed by atoms with Gasteiger partial charge in [-0.05, 0) is 35.9 Å². The molecule has 0 bridgehead atoms. The molecule has 3 aromatic rings. The zero-order valence-corrected chi connectivity index (χ0v) is 18.0. The van der Waals surface area contributed by atoms with Gasteiger partial charge >= 0.3 is 5.63 Å². The molecule has 0 spiro atoms. The predicted molar refractivity (Wildman–Crippen MR) is 121 cm³/mol. The molecular weight excluding hydrogens is 379 g/mol. The number of aryl methyl sites for hydroxylation is 1. The molecule has 0 amide bonds. The summed E-state index contributed by atoms with van der Waals surface area (Å²) in [5, 5.41) is 0.461. The molecule has 0 radical (unpaired) electrons. The van der Waals surface area contributed by atoms with E-state index in [0.717, 1.165) is 24.8 Å². The summed E-state index contributed by atoms with van der Waals surface area (Å²) in [6, 6.07) is 12.9. The summed E-state index contributed by atoms with van der Waals surface area (Å²) in [5.74, 6) is -0.0933. The van der Waals surface area contributed by atoms with Gasteiger partial charge in [-0.1, -0.05) is 82.7 Å². The first-order chi connectivity index (χ1) is 14.6. The van der Waals surface area contributed by atoms with Crippen LogP contribution >= 0.6 is 0 Å². The Morgan fingerprint density at radius 1 is 0.900 bits per heavy atom. The van der Waals surface area contributed by atoms with Gasteiger partial charge in [0.1, 0.15) is 11.1 Å². The molecule has 0 N–H and O–H groups in total. The Morgan fingerprint density at radius 3 is 2.30 bits per heavy atom. The fourth-order valence-corrected chi connectivity index (χ4v) is 3.62. The summed E-state index contributed by atoms with van der Waals surface area (Å²) in [6.07, 6.45) is 9.11. The highest BCUT2D eigenvalue weighted by Gasteiger charge is 2.15. The minimum atomic E-state index is -0.680. The number of halogens is 1. The molecule has 30 heavy (non-hydrogen) atoms. The van der Waals surface area contributed by atoms with Crippen LogP contribution in [0, 0.1) is 5.82 Å². The van der Waals surface area contributed by atoms with E-state index in [1.54, 1.807) is 18.2 Å². The Morgan fingerprint density at radius 2 is 1.60 bits per heavy atom. The van der Waals surface area contributed by atoms with Crippen LogP contribution in [0.15, 0.2) is 51.7 Å². The van der Waals surface area contributed by atoms with Gasteiger partial charge < -0.3 is 9.15 Å². The van der Waals surface area contributed by atoms with Gasteiger partial charge in [0.15, 0.2) is 11.6 Å². The predicted octanol–water partition coefficient (Wildman–Crippen LogP) is 7.29. The zero-order chi connectivity index (χ0) is 21.3. The van der Waals surface area contributed by atoms with Crippen LogP contribution in [0.4, 0.5) is 4.39 Å². The van der Waals surface area contributed by atoms with Crippen molar-refractivity contribution in [3.63, 3.8) is 0 Å². The number of hydrogen-bond acceptors (Lipinski definition) is 3. The molecule has 0 saturated heterocycles. The van der Waals surface area contributed by atoms with Crippen molar-refractivity contribution in [1.82, 2.24) is 0 Å². The lowest BCUT2D eigenvalue weighted by molar-refractivity contribution is 0.291. The van der Waals surface area contributed by atoms with E-state index >= 15 is 0 Å². The highest BCUT2D eigenvalue weighted by atomic mass is 19.1. The van der Waals surface area contributed by atoms with Crippen molar-refractivity contribution in [1.29, 1.82) is 0 Å². The molecule has 0 saturated carbocycles. The molecule has 2 aromatic carbocycles. The maximum Gasteiger partial charge on any atom is 0.347 e.